The molecule has 1 saturated carbocycles. The van der Waals surface area contributed by atoms with E-state index in [4.69, 9.17) is 0 Å². The van der Waals surface area contributed by atoms with E-state index in [1.165, 1.54) is 61.9 Å². The molecule has 0 N–H and O–H groups in total. The van der Waals surface area contributed by atoms with Crippen LogP contribution in [0.2, 0.25) is 0 Å². The summed E-state index contributed by atoms with van der Waals surface area (Å²) in [5, 5.41) is 0. The van der Waals surface area contributed by atoms with Gasteiger partial charge in [-0.2, -0.15) is 0 Å². The Kier molecular flexibility index (Phi) is 5.13. The second-order valence-electron chi connectivity index (χ2n) is 7.28. The number of hydrogen-bond donors (Lipinski definition) is 0. The number of nitrogens with zero attached hydrogens (tertiary/aromatic N) is 1. The van der Waals surface area contributed by atoms with Crippen LogP contribution in [-0.2, 0) is 0 Å². The van der Waals surface area contributed by atoms with Crippen LogP contribution >= 0.6 is 0 Å². The molecule has 1 atom stereocenters. The molecule has 128 valence electrons. The van der Waals surface area contributed by atoms with Crippen molar-refractivity contribution in [1.82, 2.24) is 4.90 Å². The topological polar surface area (TPSA) is 3.24 Å². The number of likely N-dealkylation sites (tertiary alicyclic amines) is 1. The van der Waals surface area contributed by atoms with Gasteiger partial charge in [-0.25, -0.2) is 0 Å². The Morgan fingerprint density at radius 2 is 1.40 bits per heavy atom. The van der Waals surface area contributed by atoms with E-state index < -0.39 is 0 Å². The van der Waals surface area contributed by atoms with Crippen LogP contribution in [0.3, 0.4) is 0 Å². The van der Waals surface area contributed by atoms with Gasteiger partial charge in [-0.3, -0.25) is 4.90 Å². The van der Waals surface area contributed by atoms with Crippen LogP contribution in [0.15, 0.2) is 60.2 Å². The Morgan fingerprint density at radius 1 is 0.720 bits per heavy atom. The van der Waals surface area contributed by atoms with E-state index in [0.717, 1.165) is 0 Å². The van der Waals surface area contributed by atoms with Crippen LogP contribution < -0.4 is 0 Å². The molecule has 2 aliphatic rings. The molecule has 2 aromatic carbocycles. The van der Waals surface area contributed by atoms with E-state index in [1.54, 1.807) is 5.57 Å². The van der Waals surface area contributed by atoms with Crippen molar-refractivity contribution in [3.8, 4) is 0 Å². The van der Waals surface area contributed by atoms with E-state index in [0.29, 0.717) is 6.04 Å². The summed E-state index contributed by atoms with van der Waals surface area (Å²) >= 11 is 0. The zero-order valence-electron chi connectivity index (χ0n) is 14.9. The summed E-state index contributed by atoms with van der Waals surface area (Å²) in [6.45, 7) is 2.59. The molecule has 2 aromatic rings. The minimum Gasteiger partial charge on any atom is -0.297 e. The highest BCUT2D eigenvalue weighted by Gasteiger charge is 2.28. The Hall–Kier alpha value is -2.12. The van der Waals surface area contributed by atoms with Crippen molar-refractivity contribution < 1.29 is 0 Å². The minimum atomic E-state index is 0.708. The summed E-state index contributed by atoms with van der Waals surface area (Å²) in [6.07, 6.45) is 13.6. The van der Waals surface area contributed by atoms with E-state index in [9.17, 15) is 0 Å². The molecule has 1 heterocycles. The van der Waals surface area contributed by atoms with Gasteiger partial charge in [0, 0.05) is 6.04 Å². The van der Waals surface area contributed by atoms with Crippen LogP contribution in [0.4, 0.5) is 0 Å². The molecular weight excluding hydrogens is 302 g/mol. The van der Waals surface area contributed by atoms with Gasteiger partial charge in [0.2, 0.25) is 0 Å². The summed E-state index contributed by atoms with van der Waals surface area (Å²) in [4.78, 5) is 2.67. The minimum absolute atomic E-state index is 0.708. The SMILES string of the molecule is C(=Cc1ccc(C=C2CCCCC2N2CCC2)cc1)c1ccccc1. The smallest absolute Gasteiger partial charge is 0.0310 e. The van der Waals surface area contributed by atoms with Crippen LogP contribution in [0.25, 0.3) is 18.2 Å². The van der Waals surface area contributed by atoms with Crippen molar-refractivity contribution in [2.45, 2.75) is 38.1 Å². The monoisotopic (exact) mass is 329 g/mol. The van der Waals surface area contributed by atoms with Gasteiger partial charge in [0.05, 0.1) is 0 Å². The van der Waals surface area contributed by atoms with Gasteiger partial charge in [-0.05, 0) is 55.5 Å². The lowest BCUT2D eigenvalue weighted by atomic mass is 9.86. The highest BCUT2D eigenvalue weighted by Crippen LogP contribution is 2.32. The van der Waals surface area contributed by atoms with E-state index in [-0.39, 0.29) is 0 Å². The lowest BCUT2D eigenvalue weighted by Gasteiger charge is -2.42. The maximum Gasteiger partial charge on any atom is 0.0310 e. The zero-order valence-corrected chi connectivity index (χ0v) is 14.9. The van der Waals surface area contributed by atoms with Crippen molar-refractivity contribution in [2.75, 3.05) is 13.1 Å². The average molecular weight is 329 g/mol. The highest BCUT2D eigenvalue weighted by molar-refractivity contribution is 5.70. The van der Waals surface area contributed by atoms with Crippen LogP contribution in [0, 0.1) is 0 Å². The van der Waals surface area contributed by atoms with Gasteiger partial charge in [0.1, 0.15) is 0 Å². The fourth-order valence-corrected chi connectivity index (χ4v) is 3.93. The van der Waals surface area contributed by atoms with Crippen molar-refractivity contribution in [1.29, 1.82) is 0 Å². The maximum absolute atomic E-state index is 2.67. The van der Waals surface area contributed by atoms with Crippen LogP contribution in [0.5, 0.6) is 0 Å². The third-order valence-electron chi connectivity index (χ3n) is 5.51. The van der Waals surface area contributed by atoms with Crippen molar-refractivity contribution in [3.63, 3.8) is 0 Å². The molecule has 0 amide bonds. The standard InChI is InChI=1S/C24H27N/c1-2-7-20(8-3-1)11-12-21-13-15-22(16-14-21)19-23-9-4-5-10-24(23)25-17-6-18-25/h1-3,7-8,11-16,19,24H,4-6,9-10,17-18H2. The molecule has 1 aliphatic heterocycles. The third kappa shape index (κ3) is 4.11. The van der Waals surface area contributed by atoms with E-state index in [1.807, 2.05) is 0 Å². The van der Waals surface area contributed by atoms with Crippen molar-refractivity contribution in [2.24, 2.45) is 0 Å². The molecule has 1 unspecified atom stereocenters. The fourth-order valence-electron chi connectivity index (χ4n) is 3.93. The molecule has 1 aliphatic carbocycles. The van der Waals surface area contributed by atoms with Crippen LogP contribution in [-0.4, -0.2) is 24.0 Å². The first-order valence-corrected chi connectivity index (χ1v) is 9.66. The molecule has 2 fully saturated rings. The summed E-state index contributed by atoms with van der Waals surface area (Å²) in [5.41, 5.74) is 5.50. The summed E-state index contributed by atoms with van der Waals surface area (Å²) in [5.74, 6) is 0. The Labute approximate surface area is 151 Å². The molecule has 4 rings (SSSR count). The van der Waals surface area contributed by atoms with Crippen molar-refractivity contribution >= 4 is 18.2 Å². The molecule has 1 heteroatoms. The second kappa shape index (κ2) is 7.84. The van der Waals surface area contributed by atoms with Gasteiger partial charge in [0.25, 0.3) is 0 Å². The van der Waals surface area contributed by atoms with Gasteiger partial charge in [-0.15, -0.1) is 0 Å². The Balaban J connectivity index is 1.46. The molecule has 1 saturated heterocycles. The average Bonchev–Trinajstić information content (AvgIpc) is 2.62. The zero-order chi connectivity index (χ0) is 16.9. The molecule has 0 radical (unpaired) electrons. The van der Waals surface area contributed by atoms with E-state index in [2.05, 4.69) is 77.7 Å². The molecular formula is C24H27N. The normalized spacial score (nSPS) is 23.0. The summed E-state index contributed by atoms with van der Waals surface area (Å²) < 4.78 is 0. The van der Waals surface area contributed by atoms with Gasteiger partial charge >= 0.3 is 0 Å². The van der Waals surface area contributed by atoms with Gasteiger partial charge < -0.3 is 0 Å². The first kappa shape index (κ1) is 16.4. The quantitative estimate of drug-likeness (QED) is 0.632. The highest BCUT2D eigenvalue weighted by atomic mass is 15.2. The lowest BCUT2D eigenvalue weighted by Crippen LogP contribution is -2.46. The molecule has 0 aromatic heterocycles. The summed E-state index contributed by atoms with van der Waals surface area (Å²) in [7, 11) is 0. The Morgan fingerprint density at radius 3 is 2.08 bits per heavy atom. The summed E-state index contributed by atoms with van der Waals surface area (Å²) in [6, 6.07) is 20.2. The van der Waals surface area contributed by atoms with Gasteiger partial charge in [-0.1, -0.05) is 84.8 Å². The lowest BCUT2D eigenvalue weighted by molar-refractivity contribution is 0.121. The van der Waals surface area contributed by atoms with Crippen LogP contribution in [0.1, 0.15) is 48.8 Å². The Bertz CT molecular complexity index is 735. The largest absolute Gasteiger partial charge is 0.297 e. The predicted molar refractivity (Wildman–Crippen MR) is 108 cm³/mol. The first-order valence-electron chi connectivity index (χ1n) is 9.66. The number of hydrogen-bond acceptors (Lipinski definition) is 1. The fraction of sp³-hybridized carbons (Fsp3) is 0.333. The third-order valence-corrected chi connectivity index (χ3v) is 5.51. The predicted octanol–water partition coefficient (Wildman–Crippen LogP) is 5.89. The van der Waals surface area contributed by atoms with E-state index >= 15 is 0 Å². The molecule has 0 bridgehead atoms. The van der Waals surface area contributed by atoms with Crippen molar-refractivity contribution in [3.05, 3.63) is 76.9 Å². The van der Waals surface area contributed by atoms with Gasteiger partial charge in [0.15, 0.2) is 0 Å². The molecule has 25 heavy (non-hydrogen) atoms. The maximum atomic E-state index is 2.67. The molecule has 1 nitrogen and oxygen atoms in total. The number of benzene rings is 2. The first-order chi connectivity index (χ1) is 12.4. The second-order valence-corrected chi connectivity index (χ2v) is 7.28. The molecule has 0 spiro atoms. The number of rotatable bonds is 4.